The second-order valence-corrected chi connectivity index (χ2v) is 1.50. The molecule has 0 aromatic heterocycles. The van der Waals surface area contributed by atoms with Crippen LogP contribution in [0.1, 0.15) is 0 Å². The van der Waals surface area contributed by atoms with Crippen molar-refractivity contribution in [1.29, 1.82) is 0 Å². The molecular weight excluding hydrogens is 202 g/mol. The maximum atomic E-state index is 8.58. The van der Waals surface area contributed by atoms with Crippen LogP contribution >= 0.6 is 0 Å². The summed E-state index contributed by atoms with van der Waals surface area (Å²) in [5.41, 5.74) is 0. The standard InChI is InChI=1S/2Na.O4Si.O.Ti/c;;1-5(2,3)4;;/q2*+1;-4;;+2. The molecule has 0 heterocycles. The van der Waals surface area contributed by atoms with Crippen LogP contribution in [0.3, 0.4) is 0 Å². The number of rotatable bonds is 0. The first-order valence-corrected chi connectivity index (χ1v) is 3.29. The normalized spacial score (nSPS) is 7.33. The Kier molecular flexibility index (Phi) is 33.0. The van der Waals surface area contributed by atoms with Crippen molar-refractivity contribution >= 4 is 9.05 Å². The van der Waals surface area contributed by atoms with Gasteiger partial charge in [-0.3, -0.25) is 0 Å². The molecule has 0 fully saturated rings. The molecule has 0 saturated heterocycles. The van der Waals surface area contributed by atoms with Crippen molar-refractivity contribution in [1.82, 2.24) is 0 Å². The summed E-state index contributed by atoms with van der Waals surface area (Å²) in [6, 6.07) is 0. The van der Waals surface area contributed by atoms with Gasteiger partial charge in [-0.15, -0.1) is 0 Å². The Morgan fingerprint density at radius 1 is 0.889 bits per heavy atom. The Labute approximate surface area is 109 Å². The van der Waals surface area contributed by atoms with Gasteiger partial charge in [0.25, 0.3) is 0 Å². The quantitative estimate of drug-likeness (QED) is 0.362. The van der Waals surface area contributed by atoms with E-state index in [1.807, 2.05) is 0 Å². The summed E-state index contributed by atoms with van der Waals surface area (Å²) in [6.45, 7) is 0. The molecule has 9 heavy (non-hydrogen) atoms. The summed E-state index contributed by atoms with van der Waals surface area (Å²) < 4.78 is 8.25. The molecule has 0 bridgehead atoms. The van der Waals surface area contributed by atoms with E-state index in [0.717, 1.165) is 20.4 Å². The molecule has 0 aromatic rings. The van der Waals surface area contributed by atoms with Gasteiger partial charge in [0.15, 0.2) is 0 Å². The molecule has 40 valence electrons. The molecule has 5 nitrogen and oxygen atoms in total. The van der Waals surface area contributed by atoms with Crippen LogP contribution in [0.4, 0.5) is 0 Å². The molecule has 0 aliphatic heterocycles. The van der Waals surface area contributed by atoms with Gasteiger partial charge in [0.1, 0.15) is 0 Å². The summed E-state index contributed by atoms with van der Waals surface area (Å²) in [6.07, 6.45) is 0. The van der Waals surface area contributed by atoms with Crippen LogP contribution in [-0.4, -0.2) is 9.05 Å². The maximum absolute atomic E-state index is 8.58. The molecule has 0 spiro atoms. The van der Waals surface area contributed by atoms with E-state index in [-0.39, 0.29) is 59.1 Å². The van der Waals surface area contributed by atoms with Crippen molar-refractivity contribution in [3.63, 3.8) is 0 Å². The van der Waals surface area contributed by atoms with Crippen LogP contribution in [0, 0.1) is 0 Å². The monoisotopic (exact) mass is 202 g/mol. The third-order valence-corrected chi connectivity index (χ3v) is 0. The molecule has 0 saturated carbocycles. The van der Waals surface area contributed by atoms with Crippen molar-refractivity contribution < 1.29 is 102 Å². The summed E-state index contributed by atoms with van der Waals surface area (Å²) in [5.74, 6) is 0. The molecule has 0 atom stereocenters. The third-order valence-electron chi connectivity index (χ3n) is 0. The zero-order valence-electron chi connectivity index (χ0n) is 5.04. The summed E-state index contributed by atoms with van der Waals surface area (Å²) in [4.78, 5) is 34.3. The van der Waals surface area contributed by atoms with Crippen LogP contribution < -0.4 is 78.3 Å². The van der Waals surface area contributed by atoms with Crippen molar-refractivity contribution in [2.75, 3.05) is 0 Å². The molecule has 0 radical (unpaired) electrons. The molecule has 0 aliphatic carbocycles. The minimum atomic E-state index is -5.61. The molecule has 0 unspecified atom stereocenters. The second kappa shape index (κ2) is 13.2. The average Bonchev–Trinajstić information content (AvgIpc) is 1.36. The fourth-order valence-corrected chi connectivity index (χ4v) is 0. The predicted molar refractivity (Wildman–Crippen MR) is 6.44 cm³/mol. The predicted octanol–water partition coefficient (Wildman–Crippen LogP) is -11.3. The van der Waals surface area contributed by atoms with E-state index in [0.29, 0.717) is 0 Å². The Morgan fingerprint density at radius 3 is 0.889 bits per heavy atom. The van der Waals surface area contributed by atoms with E-state index < -0.39 is 9.05 Å². The van der Waals surface area contributed by atoms with E-state index in [1.54, 1.807) is 0 Å². The van der Waals surface area contributed by atoms with Crippen LogP contribution in [0.25, 0.3) is 0 Å². The van der Waals surface area contributed by atoms with Gasteiger partial charge in [0.2, 0.25) is 0 Å². The molecule has 0 N–H and O–H groups in total. The van der Waals surface area contributed by atoms with Gasteiger partial charge in [-0.2, -0.15) is 0 Å². The first-order chi connectivity index (χ1) is 3.00. The van der Waals surface area contributed by atoms with Gasteiger partial charge < -0.3 is 28.2 Å². The van der Waals surface area contributed by atoms with Crippen LogP contribution in [0.15, 0.2) is 0 Å². The third kappa shape index (κ3) is 117. The molecule has 0 aromatic carbocycles. The van der Waals surface area contributed by atoms with Crippen molar-refractivity contribution in [2.24, 2.45) is 0 Å². The summed E-state index contributed by atoms with van der Waals surface area (Å²) in [5, 5.41) is 0. The SMILES string of the molecule is [Na+].[Na+].[O-][Si]([O-])([O-])[O-].[O]=[Ti+2]. The van der Waals surface area contributed by atoms with Gasteiger partial charge in [0, 0.05) is 0 Å². The van der Waals surface area contributed by atoms with Crippen molar-refractivity contribution in [3.8, 4) is 0 Å². The molecular formula is Na2O5SiTi. The zero-order chi connectivity index (χ0) is 6.50. The van der Waals surface area contributed by atoms with Gasteiger partial charge in [-0.25, -0.2) is 0 Å². The van der Waals surface area contributed by atoms with Crippen LogP contribution in [-0.2, 0) is 23.7 Å². The minimum absolute atomic E-state index is 0. The fraction of sp³-hybridized carbons (Fsp3) is 0. The summed E-state index contributed by atoms with van der Waals surface area (Å²) in [7, 11) is -5.61. The van der Waals surface area contributed by atoms with Gasteiger partial charge in [-0.1, -0.05) is 0 Å². The number of hydrogen-bond donors (Lipinski definition) is 0. The van der Waals surface area contributed by atoms with E-state index in [4.69, 9.17) is 22.5 Å². The summed E-state index contributed by atoms with van der Waals surface area (Å²) >= 11 is 0.750. The molecule has 9 heteroatoms. The van der Waals surface area contributed by atoms with Crippen LogP contribution in [0.5, 0.6) is 0 Å². The van der Waals surface area contributed by atoms with Crippen molar-refractivity contribution in [2.45, 2.75) is 0 Å². The van der Waals surface area contributed by atoms with E-state index in [9.17, 15) is 0 Å². The number of hydrogen-bond acceptors (Lipinski definition) is 5. The van der Waals surface area contributed by atoms with Crippen LogP contribution in [0.2, 0.25) is 0 Å². The molecule has 0 aliphatic rings. The van der Waals surface area contributed by atoms with Gasteiger partial charge in [-0.05, 0) is 0 Å². The second-order valence-electron chi connectivity index (χ2n) is 0.500. The topological polar surface area (TPSA) is 109 Å². The first-order valence-electron chi connectivity index (χ1n) is 1.02. The van der Waals surface area contributed by atoms with E-state index >= 15 is 0 Å². The first kappa shape index (κ1) is 22.6. The Hall–Kier alpha value is 2.57. The van der Waals surface area contributed by atoms with E-state index in [2.05, 4.69) is 0 Å². The molecule has 0 rings (SSSR count). The van der Waals surface area contributed by atoms with E-state index in [1.165, 1.54) is 0 Å². The van der Waals surface area contributed by atoms with Gasteiger partial charge in [0.05, 0.1) is 0 Å². The Bertz CT molecular complexity index is 38.7. The Morgan fingerprint density at radius 2 is 0.889 bits per heavy atom. The Balaban J connectivity index is -0.0000000286. The zero-order valence-corrected chi connectivity index (χ0v) is 11.6. The molecule has 0 amide bonds. The fourth-order valence-electron chi connectivity index (χ4n) is 0. The average molecular weight is 202 g/mol. The van der Waals surface area contributed by atoms with Gasteiger partial charge >= 0.3 is 82.8 Å². The van der Waals surface area contributed by atoms with Crippen molar-refractivity contribution in [3.05, 3.63) is 0 Å².